The van der Waals surface area contributed by atoms with Crippen molar-refractivity contribution in [3.8, 4) is 0 Å². The molecule has 0 spiro atoms. The molecule has 0 bridgehead atoms. The van der Waals surface area contributed by atoms with E-state index in [0.717, 1.165) is 19.2 Å². The monoisotopic (exact) mass is 312 g/mol. The smallest absolute Gasteiger partial charge is 0.222 e. The molecule has 1 aliphatic rings. The minimum Gasteiger partial charge on any atom is -0.375 e. The third-order valence-corrected chi connectivity index (χ3v) is 3.80. The van der Waals surface area contributed by atoms with Crippen LogP contribution in [0.15, 0.2) is 18.2 Å². The molecule has 0 saturated carbocycles. The number of halogens is 2. The van der Waals surface area contributed by atoms with Crippen LogP contribution in [0, 0.1) is 11.6 Å². The highest BCUT2D eigenvalue weighted by Crippen LogP contribution is 2.12. The first-order chi connectivity index (χ1) is 10.5. The largest absolute Gasteiger partial charge is 0.375 e. The number of rotatable bonds is 5. The molecule has 1 fully saturated rings. The molecule has 1 N–H and O–H groups in total. The second-order valence-corrected chi connectivity index (χ2v) is 5.80. The summed E-state index contributed by atoms with van der Waals surface area (Å²) in [4.78, 5) is 14.2. The van der Waals surface area contributed by atoms with Crippen LogP contribution >= 0.6 is 0 Å². The van der Waals surface area contributed by atoms with Crippen LogP contribution in [0.25, 0.3) is 0 Å². The van der Waals surface area contributed by atoms with Gasteiger partial charge in [0, 0.05) is 37.3 Å². The van der Waals surface area contributed by atoms with E-state index < -0.39 is 11.6 Å². The molecule has 122 valence electrons. The lowest BCUT2D eigenvalue weighted by Gasteiger charge is -2.35. The van der Waals surface area contributed by atoms with Gasteiger partial charge in [0.05, 0.1) is 19.1 Å². The number of ether oxygens (including phenoxy) is 1. The summed E-state index contributed by atoms with van der Waals surface area (Å²) in [6.07, 6.45) is 0.0979. The zero-order valence-corrected chi connectivity index (χ0v) is 12.9. The van der Waals surface area contributed by atoms with E-state index in [1.807, 2.05) is 0 Å². The number of benzene rings is 1. The van der Waals surface area contributed by atoms with E-state index >= 15 is 0 Å². The molecule has 1 saturated heterocycles. The zero-order valence-electron chi connectivity index (χ0n) is 12.9. The van der Waals surface area contributed by atoms with Gasteiger partial charge in [-0.3, -0.25) is 9.69 Å². The Labute approximate surface area is 129 Å². The fourth-order valence-electron chi connectivity index (χ4n) is 2.47. The molecular formula is C16H22F2N2O2. The number of amides is 1. The third-order valence-electron chi connectivity index (χ3n) is 3.80. The molecule has 6 heteroatoms. The second-order valence-electron chi connectivity index (χ2n) is 5.80. The standard InChI is InChI=1S/C16H22F2N2O2/c1-11(2)20-5-6-22-14(10-20)8-16(21)19-9-12-3-4-13(17)7-15(12)18/h3-4,7,11,14H,5-6,8-10H2,1-2H3,(H,19,21). The van der Waals surface area contributed by atoms with E-state index in [9.17, 15) is 13.6 Å². The molecule has 1 atom stereocenters. The fraction of sp³-hybridized carbons (Fsp3) is 0.562. The Bertz CT molecular complexity index is 523. The van der Waals surface area contributed by atoms with E-state index in [1.165, 1.54) is 12.1 Å². The van der Waals surface area contributed by atoms with Crippen LogP contribution in [0.1, 0.15) is 25.8 Å². The number of nitrogens with zero attached hydrogens (tertiary/aromatic N) is 1. The average Bonchev–Trinajstić information content (AvgIpc) is 2.46. The predicted molar refractivity (Wildman–Crippen MR) is 79.3 cm³/mol. The van der Waals surface area contributed by atoms with Crippen LogP contribution < -0.4 is 5.32 Å². The molecule has 1 amide bonds. The van der Waals surface area contributed by atoms with Crippen LogP contribution in [-0.2, 0) is 16.1 Å². The molecule has 1 aromatic rings. The first-order valence-corrected chi connectivity index (χ1v) is 7.52. The van der Waals surface area contributed by atoms with Gasteiger partial charge in [0.25, 0.3) is 0 Å². The minimum absolute atomic E-state index is 0.0472. The number of hydrogen-bond acceptors (Lipinski definition) is 3. The van der Waals surface area contributed by atoms with Gasteiger partial charge in [0.15, 0.2) is 0 Å². The summed E-state index contributed by atoms with van der Waals surface area (Å²) in [5.41, 5.74) is 0.267. The van der Waals surface area contributed by atoms with E-state index in [2.05, 4.69) is 24.1 Å². The summed E-state index contributed by atoms with van der Waals surface area (Å²) in [6.45, 7) is 6.47. The van der Waals surface area contributed by atoms with Gasteiger partial charge >= 0.3 is 0 Å². The van der Waals surface area contributed by atoms with Gasteiger partial charge in [-0.15, -0.1) is 0 Å². The summed E-state index contributed by atoms with van der Waals surface area (Å²) in [7, 11) is 0. The Balaban J connectivity index is 1.80. The quantitative estimate of drug-likeness (QED) is 0.905. The van der Waals surface area contributed by atoms with E-state index in [1.54, 1.807) is 0 Å². The van der Waals surface area contributed by atoms with Crippen molar-refractivity contribution in [2.24, 2.45) is 0 Å². The van der Waals surface area contributed by atoms with Crippen LogP contribution in [0.3, 0.4) is 0 Å². The molecule has 1 unspecified atom stereocenters. The molecule has 1 aromatic carbocycles. The molecule has 0 aromatic heterocycles. The molecule has 1 heterocycles. The van der Waals surface area contributed by atoms with Crippen LogP contribution in [0.2, 0.25) is 0 Å². The van der Waals surface area contributed by atoms with Crippen LogP contribution in [0.5, 0.6) is 0 Å². The van der Waals surface area contributed by atoms with Gasteiger partial charge in [-0.2, -0.15) is 0 Å². The maximum absolute atomic E-state index is 13.5. The van der Waals surface area contributed by atoms with Crippen molar-refractivity contribution >= 4 is 5.91 Å². The lowest BCUT2D eigenvalue weighted by atomic mass is 10.1. The number of carbonyl (C=O) groups excluding carboxylic acids is 1. The summed E-state index contributed by atoms with van der Waals surface area (Å²) in [5.74, 6) is -1.48. The normalized spacial score (nSPS) is 19.4. The third kappa shape index (κ3) is 4.74. The molecule has 1 aliphatic heterocycles. The topological polar surface area (TPSA) is 41.6 Å². The SMILES string of the molecule is CC(C)N1CCOC(CC(=O)NCc2ccc(F)cc2F)C1. The summed E-state index contributed by atoms with van der Waals surface area (Å²) in [6, 6.07) is 3.74. The molecular weight excluding hydrogens is 290 g/mol. The second kappa shape index (κ2) is 7.65. The van der Waals surface area contributed by atoms with Gasteiger partial charge in [-0.05, 0) is 19.9 Å². The maximum atomic E-state index is 13.5. The average molecular weight is 312 g/mol. The maximum Gasteiger partial charge on any atom is 0.222 e. The Hall–Kier alpha value is -1.53. The van der Waals surface area contributed by atoms with Gasteiger partial charge in [0.1, 0.15) is 11.6 Å². The predicted octanol–water partition coefficient (Wildman–Crippen LogP) is 2.08. The Morgan fingerprint density at radius 2 is 2.23 bits per heavy atom. The molecule has 4 nitrogen and oxygen atoms in total. The first kappa shape index (κ1) is 16.8. The highest BCUT2D eigenvalue weighted by molar-refractivity contribution is 5.76. The minimum atomic E-state index is -0.653. The fourth-order valence-corrected chi connectivity index (χ4v) is 2.47. The summed E-state index contributed by atoms with van der Waals surface area (Å²) in [5, 5.41) is 2.65. The highest BCUT2D eigenvalue weighted by atomic mass is 19.1. The number of morpholine rings is 1. The number of nitrogens with one attached hydrogen (secondary N) is 1. The number of carbonyl (C=O) groups is 1. The van der Waals surface area contributed by atoms with Crippen molar-refractivity contribution in [1.29, 1.82) is 0 Å². The van der Waals surface area contributed by atoms with E-state index in [4.69, 9.17) is 4.74 Å². The van der Waals surface area contributed by atoms with Gasteiger partial charge in [-0.1, -0.05) is 6.07 Å². The van der Waals surface area contributed by atoms with Crippen molar-refractivity contribution in [3.05, 3.63) is 35.4 Å². The van der Waals surface area contributed by atoms with Gasteiger partial charge in [-0.25, -0.2) is 8.78 Å². The highest BCUT2D eigenvalue weighted by Gasteiger charge is 2.24. The van der Waals surface area contributed by atoms with Crippen molar-refractivity contribution in [3.63, 3.8) is 0 Å². The lowest BCUT2D eigenvalue weighted by molar-refractivity contribution is -0.126. The van der Waals surface area contributed by atoms with Gasteiger partial charge in [0.2, 0.25) is 5.91 Å². The zero-order chi connectivity index (χ0) is 16.1. The van der Waals surface area contributed by atoms with Crippen molar-refractivity contribution in [2.75, 3.05) is 19.7 Å². The Morgan fingerprint density at radius 3 is 2.91 bits per heavy atom. The van der Waals surface area contributed by atoms with E-state index in [-0.39, 0.29) is 30.5 Å². The number of hydrogen-bond donors (Lipinski definition) is 1. The van der Waals surface area contributed by atoms with E-state index in [0.29, 0.717) is 12.6 Å². The van der Waals surface area contributed by atoms with Crippen molar-refractivity contribution in [1.82, 2.24) is 10.2 Å². The molecule has 2 rings (SSSR count). The van der Waals surface area contributed by atoms with Gasteiger partial charge < -0.3 is 10.1 Å². The Morgan fingerprint density at radius 1 is 1.45 bits per heavy atom. The first-order valence-electron chi connectivity index (χ1n) is 7.52. The van der Waals surface area contributed by atoms with Crippen molar-refractivity contribution < 1.29 is 18.3 Å². The molecule has 22 heavy (non-hydrogen) atoms. The summed E-state index contributed by atoms with van der Waals surface area (Å²) >= 11 is 0. The lowest BCUT2D eigenvalue weighted by Crippen LogP contribution is -2.47. The van der Waals surface area contributed by atoms with Crippen LogP contribution in [-0.4, -0.2) is 42.6 Å². The van der Waals surface area contributed by atoms with Crippen molar-refractivity contribution in [2.45, 2.75) is 39.0 Å². The molecule has 0 aliphatic carbocycles. The molecule has 0 radical (unpaired) electrons. The summed E-state index contributed by atoms with van der Waals surface area (Å²) < 4.78 is 31.9. The Kier molecular flexibility index (Phi) is 5.85. The van der Waals surface area contributed by atoms with Crippen LogP contribution in [0.4, 0.5) is 8.78 Å².